The van der Waals surface area contributed by atoms with E-state index in [1.807, 2.05) is 13.8 Å². The highest BCUT2D eigenvalue weighted by Crippen LogP contribution is 2.20. The number of benzene rings is 1. The lowest BCUT2D eigenvalue weighted by Gasteiger charge is -2.41. The molecular formula is C31H58NO2+. The smallest absolute Gasteiger partial charge is 0.105 e. The molecule has 0 aromatic heterocycles. The van der Waals surface area contributed by atoms with Gasteiger partial charge in [0.05, 0.1) is 6.54 Å². The fourth-order valence-corrected chi connectivity index (χ4v) is 5.55. The molecule has 2 N–H and O–H groups in total. The fourth-order valence-electron chi connectivity index (χ4n) is 5.55. The first-order chi connectivity index (χ1) is 16.5. The zero-order valence-corrected chi connectivity index (χ0v) is 23.0. The third-order valence-electron chi connectivity index (χ3n) is 7.15. The van der Waals surface area contributed by atoms with Gasteiger partial charge in [0.1, 0.15) is 31.8 Å². The molecule has 0 aliphatic carbocycles. The van der Waals surface area contributed by atoms with E-state index in [1.54, 1.807) is 0 Å². The molecule has 0 radical (unpaired) electrons. The second-order valence-corrected chi connectivity index (χ2v) is 11.1. The molecule has 1 aromatic carbocycles. The van der Waals surface area contributed by atoms with E-state index in [2.05, 4.69) is 37.3 Å². The summed E-state index contributed by atoms with van der Waals surface area (Å²) in [5, 5.41) is 20.4. The molecule has 0 saturated carbocycles. The van der Waals surface area contributed by atoms with Crippen LogP contribution in [-0.2, 0) is 6.54 Å². The van der Waals surface area contributed by atoms with Crippen LogP contribution in [0.1, 0.15) is 129 Å². The molecule has 0 spiro atoms. The predicted octanol–water partition coefficient (Wildman–Crippen LogP) is 8.03. The number of unbranched alkanes of at least 4 members (excludes halogenated alkanes) is 15. The van der Waals surface area contributed by atoms with E-state index in [4.69, 9.17) is 0 Å². The first-order valence-electron chi connectivity index (χ1n) is 14.7. The van der Waals surface area contributed by atoms with Crippen molar-refractivity contribution in [3.8, 4) is 0 Å². The maximum absolute atomic E-state index is 10.2. The summed E-state index contributed by atoms with van der Waals surface area (Å²) in [7, 11) is 0. The lowest BCUT2D eigenvalue weighted by molar-refractivity contribution is -0.946. The number of rotatable bonds is 23. The highest BCUT2D eigenvalue weighted by atomic mass is 16.3. The van der Waals surface area contributed by atoms with Crippen molar-refractivity contribution in [3.63, 3.8) is 0 Å². The van der Waals surface area contributed by atoms with E-state index in [9.17, 15) is 10.2 Å². The zero-order chi connectivity index (χ0) is 24.9. The SMILES string of the molecule is CCCCCCCCCCCCCCCCCC[N+](Cc1ccccc1)(CC(C)O)CC(C)O. The molecule has 0 bridgehead atoms. The first kappa shape index (κ1) is 31.1. The van der Waals surface area contributed by atoms with Crippen LogP contribution in [0.2, 0.25) is 0 Å². The third-order valence-corrected chi connectivity index (χ3v) is 7.15. The highest BCUT2D eigenvalue weighted by Gasteiger charge is 2.30. The summed E-state index contributed by atoms with van der Waals surface area (Å²) in [5.74, 6) is 0. The Kier molecular flexibility index (Phi) is 18.6. The van der Waals surface area contributed by atoms with Crippen molar-refractivity contribution in [1.29, 1.82) is 0 Å². The minimum Gasteiger partial charge on any atom is -0.388 e. The molecule has 0 fully saturated rings. The number of hydrogen-bond donors (Lipinski definition) is 2. The molecule has 198 valence electrons. The summed E-state index contributed by atoms with van der Waals surface area (Å²) >= 11 is 0. The second-order valence-electron chi connectivity index (χ2n) is 11.1. The fraction of sp³-hybridized carbons (Fsp3) is 0.806. The average molecular weight is 477 g/mol. The van der Waals surface area contributed by atoms with Gasteiger partial charge >= 0.3 is 0 Å². The highest BCUT2D eigenvalue weighted by molar-refractivity contribution is 5.13. The largest absolute Gasteiger partial charge is 0.388 e. The molecular weight excluding hydrogens is 418 g/mol. The van der Waals surface area contributed by atoms with Crippen LogP contribution in [0, 0.1) is 0 Å². The summed E-state index contributed by atoms with van der Waals surface area (Å²) in [4.78, 5) is 0. The van der Waals surface area contributed by atoms with Gasteiger partial charge in [-0.2, -0.15) is 0 Å². The number of nitrogens with zero attached hydrogens (tertiary/aromatic N) is 1. The van der Waals surface area contributed by atoms with E-state index in [0.717, 1.165) is 17.6 Å². The van der Waals surface area contributed by atoms with Gasteiger partial charge < -0.3 is 14.7 Å². The number of hydrogen-bond acceptors (Lipinski definition) is 2. The zero-order valence-electron chi connectivity index (χ0n) is 23.0. The van der Waals surface area contributed by atoms with Crippen LogP contribution in [0.3, 0.4) is 0 Å². The van der Waals surface area contributed by atoms with Crippen LogP contribution in [0.4, 0.5) is 0 Å². The van der Waals surface area contributed by atoms with Gasteiger partial charge in [-0.15, -0.1) is 0 Å². The molecule has 0 aliphatic rings. The summed E-state index contributed by atoms with van der Waals surface area (Å²) in [6.07, 6.45) is 21.4. The van der Waals surface area contributed by atoms with Crippen LogP contribution in [0.5, 0.6) is 0 Å². The quantitative estimate of drug-likeness (QED) is 0.124. The van der Waals surface area contributed by atoms with E-state index in [1.165, 1.54) is 108 Å². The van der Waals surface area contributed by atoms with Gasteiger partial charge in [0, 0.05) is 5.56 Å². The third kappa shape index (κ3) is 16.7. The van der Waals surface area contributed by atoms with Crippen molar-refractivity contribution in [2.24, 2.45) is 0 Å². The molecule has 34 heavy (non-hydrogen) atoms. The van der Waals surface area contributed by atoms with Gasteiger partial charge in [-0.05, 0) is 26.7 Å². The number of aliphatic hydroxyl groups is 2. The lowest BCUT2D eigenvalue weighted by Crippen LogP contribution is -2.54. The average Bonchev–Trinajstić information content (AvgIpc) is 2.78. The normalized spacial score (nSPS) is 15.2. The molecule has 2 atom stereocenters. The van der Waals surface area contributed by atoms with Crippen LogP contribution in [-0.4, -0.2) is 46.5 Å². The first-order valence-corrected chi connectivity index (χ1v) is 14.7. The minimum absolute atomic E-state index is 0.358. The van der Waals surface area contributed by atoms with E-state index < -0.39 is 0 Å². The Morgan fingerprint density at radius 1 is 0.588 bits per heavy atom. The maximum atomic E-state index is 10.2. The Bertz CT molecular complexity index is 548. The van der Waals surface area contributed by atoms with Gasteiger partial charge in [0.25, 0.3) is 0 Å². The standard InChI is InChI=1S/C31H58NO2/c1-4-5-6-7-8-9-10-11-12-13-14-15-16-17-18-22-25-32(26-29(2)33,27-30(3)34)28-31-23-20-19-21-24-31/h19-21,23-24,29-30,33-34H,4-18,22,25-28H2,1-3H3/q+1. The molecule has 1 rings (SSSR count). The van der Waals surface area contributed by atoms with Gasteiger partial charge in [0.2, 0.25) is 0 Å². The predicted molar refractivity (Wildman–Crippen MR) is 148 cm³/mol. The van der Waals surface area contributed by atoms with Crippen molar-refractivity contribution in [1.82, 2.24) is 0 Å². The van der Waals surface area contributed by atoms with Gasteiger partial charge in [0.15, 0.2) is 0 Å². The van der Waals surface area contributed by atoms with Gasteiger partial charge in [-0.1, -0.05) is 127 Å². The van der Waals surface area contributed by atoms with Crippen LogP contribution < -0.4 is 0 Å². The van der Waals surface area contributed by atoms with Crippen LogP contribution >= 0.6 is 0 Å². The van der Waals surface area contributed by atoms with E-state index >= 15 is 0 Å². The second kappa shape index (κ2) is 20.3. The van der Waals surface area contributed by atoms with Crippen molar-refractivity contribution in [3.05, 3.63) is 35.9 Å². The molecule has 3 heteroatoms. The summed E-state index contributed by atoms with van der Waals surface area (Å²) in [6.45, 7) is 9.38. The Hall–Kier alpha value is -0.900. The lowest BCUT2D eigenvalue weighted by atomic mass is 10.0. The van der Waals surface area contributed by atoms with E-state index in [-0.39, 0.29) is 12.2 Å². The Morgan fingerprint density at radius 3 is 1.35 bits per heavy atom. The summed E-state index contributed by atoms with van der Waals surface area (Å²) in [6, 6.07) is 10.6. The molecule has 0 heterocycles. The van der Waals surface area contributed by atoms with Crippen molar-refractivity contribution in [2.45, 2.75) is 142 Å². The Balaban J connectivity index is 2.19. The Labute approximate surface area is 212 Å². The monoisotopic (exact) mass is 476 g/mol. The summed E-state index contributed by atoms with van der Waals surface area (Å²) in [5.41, 5.74) is 1.29. The number of aliphatic hydroxyl groups excluding tert-OH is 2. The van der Waals surface area contributed by atoms with Gasteiger partial charge in [-0.25, -0.2) is 0 Å². The van der Waals surface area contributed by atoms with Crippen LogP contribution in [0.15, 0.2) is 30.3 Å². The topological polar surface area (TPSA) is 40.5 Å². The molecule has 1 aromatic rings. The molecule has 0 aliphatic heterocycles. The van der Waals surface area contributed by atoms with Gasteiger partial charge in [-0.3, -0.25) is 0 Å². The molecule has 0 amide bonds. The molecule has 2 unspecified atom stereocenters. The molecule has 3 nitrogen and oxygen atoms in total. The van der Waals surface area contributed by atoms with Crippen molar-refractivity contribution >= 4 is 0 Å². The Morgan fingerprint density at radius 2 is 0.971 bits per heavy atom. The van der Waals surface area contributed by atoms with E-state index in [0.29, 0.717) is 13.1 Å². The van der Waals surface area contributed by atoms with Crippen LogP contribution in [0.25, 0.3) is 0 Å². The number of quaternary nitrogens is 1. The van der Waals surface area contributed by atoms with Crippen molar-refractivity contribution < 1.29 is 14.7 Å². The molecule has 0 saturated heterocycles. The maximum Gasteiger partial charge on any atom is 0.105 e. The minimum atomic E-state index is -0.358. The van der Waals surface area contributed by atoms with Crippen molar-refractivity contribution in [2.75, 3.05) is 19.6 Å². The summed E-state index contributed by atoms with van der Waals surface area (Å²) < 4.78 is 0.776.